The topological polar surface area (TPSA) is 147 Å². The Balaban J connectivity index is 1.12. The molecule has 9 heteroatoms. The molecule has 0 aromatic heterocycles. The van der Waals surface area contributed by atoms with E-state index < -0.39 is 47.2 Å². The van der Waals surface area contributed by atoms with E-state index in [-0.39, 0.29) is 42.9 Å². The van der Waals surface area contributed by atoms with Gasteiger partial charge in [-0.25, -0.2) is 0 Å². The molecule has 1 amide bonds. The number of aliphatic carboxylic acids is 1. The van der Waals surface area contributed by atoms with Gasteiger partial charge in [0, 0.05) is 30.7 Å². The Labute approximate surface area is 258 Å². The maximum atomic E-state index is 13.5. The summed E-state index contributed by atoms with van der Waals surface area (Å²) in [6.07, 6.45) is 7.33. The van der Waals surface area contributed by atoms with Crippen molar-refractivity contribution in [3.63, 3.8) is 0 Å². The molecule has 3 fully saturated rings. The first-order valence-electron chi connectivity index (χ1n) is 16.1. The zero-order chi connectivity index (χ0) is 31.7. The van der Waals surface area contributed by atoms with E-state index in [2.05, 4.69) is 12.2 Å². The van der Waals surface area contributed by atoms with E-state index in [4.69, 9.17) is 4.74 Å². The lowest BCUT2D eigenvalue weighted by molar-refractivity contribution is -0.170. The third kappa shape index (κ3) is 6.00. The maximum absolute atomic E-state index is 13.5. The molecule has 0 radical (unpaired) electrons. The highest BCUT2D eigenvalue weighted by Crippen LogP contribution is 2.67. The first-order valence-corrected chi connectivity index (χ1v) is 16.1. The minimum atomic E-state index is -1.57. The number of allylic oxidation sites excluding steroid dienone is 1. The second-order valence-electron chi connectivity index (χ2n) is 13.9. The van der Waals surface area contributed by atoms with Gasteiger partial charge in [-0.15, -0.1) is 0 Å². The molecule has 1 aromatic carbocycles. The van der Waals surface area contributed by atoms with Gasteiger partial charge in [0.1, 0.15) is 5.60 Å². The Hall–Kier alpha value is -3.33. The summed E-state index contributed by atoms with van der Waals surface area (Å²) in [5.41, 5.74) is -0.100. The molecule has 9 nitrogen and oxygen atoms in total. The van der Waals surface area contributed by atoms with Gasteiger partial charge >= 0.3 is 11.9 Å². The van der Waals surface area contributed by atoms with Crippen LogP contribution >= 0.6 is 0 Å². The number of carboxylic acids is 1. The van der Waals surface area contributed by atoms with E-state index in [1.165, 1.54) is 5.57 Å². The van der Waals surface area contributed by atoms with Crippen LogP contribution in [0.4, 0.5) is 0 Å². The maximum Gasteiger partial charge on any atom is 0.306 e. The van der Waals surface area contributed by atoms with Crippen LogP contribution in [0.1, 0.15) is 96.0 Å². The number of fused-ring (bicyclic) bond motifs is 5. The molecule has 0 spiro atoms. The molecule has 4 aliphatic carbocycles. The van der Waals surface area contributed by atoms with Gasteiger partial charge in [-0.2, -0.15) is 0 Å². The summed E-state index contributed by atoms with van der Waals surface area (Å²) < 4.78 is 5.26. The summed E-state index contributed by atoms with van der Waals surface area (Å²) in [4.78, 5) is 61.7. The van der Waals surface area contributed by atoms with Crippen LogP contribution in [-0.2, 0) is 28.7 Å². The van der Waals surface area contributed by atoms with Gasteiger partial charge in [-0.1, -0.05) is 49.8 Å². The number of rotatable bonds is 11. The highest BCUT2D eigenvalue weighted by molar-refractivity contribution is 5.92. The number of carboxylic acid groups (broad SMARTS) is 1. The van der Waals surface area contributed by atoms with Crippen molar-refractivity contribution in [1.82, 2.24) is 5.32 Å². The van der Waals surface area contributed by atoms with Crippen LogP contribution in [0.15, 0.2) is 42.0 Å². The van der Waals surface area contributed by atoms with E-state index in [0.717, 1.165) is 37.7 Å². The van der Waals surface area contributed by atoms with Crippen molar-refractivity contribution in [1.29, 1.82) is 0 Å². The van der Waals surface area contributed by atoms with Crippen molar-refractivity contribution in [2.24, 2.45) is 28.6 Å². The molecular formula is C35H45NO8. The van der Waals surface area contributed by atoms with E-state index in [0.29, 0.717) is 31.1 Å². The van der Waals surface area contributed by atoms with Gasteiger partial charge < -0.3 is 20.3 Å². The summed E-state index contributed by atoms with van der Waals surface area (Å²) in [7, 11) is 0. The van der Waals surface area contributed by atoms with Crippen LogP contribution in [0, 0.1) is 28.6 Å². The van der Waals surface area contributed by atoms with Crippen molar-refractivity contribution in [2.75, 3.05) is 13.2 Å². The molecule has 238 valence electrons. The quantitative estimate of drug-likeness (QED) is 0.311. The Bertz CT molecular complexity index is 1340. The van der Waals surface area contributed by atoms with Crippen LogP contribution in [0.2, 0.25) is 0 Å². The van der Waals surface area contributed by atoms with Crippen molar-refractivity contribution < 1.29 is 38.9 Å². The second kappa shape index (κ2) is 12.6. The van der Waals surface area contributed by atoms with Crippen molar-refractivity contribution in [3.8, 4) is 0 Å². The van der Waals surface area contributed by atoms with Crippen molar-refractivity contribution in [2.45, 2.75) is 96.0 Å². The normalized spacial score (nSPS) is 33.2. The van der Waals surface area contributed by atoms with Crippen LogP contribution < -0.4 is 5.32 Å². The largest absolute Gasteiger partial charge is 0.481 e. The van der Waals surface area contributed by atoms with E-state index >= 15 is 0 Å². The van der Waals surface area contributed by atoms with Gasteiger partial charge in [-0.3, -0.25) is 24.0 Å². The SMILES string of the molecule is C[C@]12CCC(=O)C=C1CC[C@H]1[C@@H]2CC[C@]2(C)[C@H]1CC[C@]2(O)C(=O)COC(=O)CCC(=O)NC[C@@H](CC(=O)O)c1ccccc1. The molecule has 0 aliphatic heterocycles. The summed E-state index contributed by atoms with van der Waals surface area (Å²) in [6, 6.07) is 9.06. The number of nitrogens with one attached hydrogen (secondary N) is 1. The van der Waals surface area contributed by atoms with E-state index in [1.807, 2.05) is 31.2 Å². The number of hydrogen-bond acceptors (Lipinski definition) is 7. The molecule has 5 rings (SSSR count). The summed E-state index contributed by atoms with van der Waals surface area (Å²) >= 11 is 0. The molecule has 0 unspecified atom stereocenters. The predicted molar refractivity (Wildman–Crippen MR) is 161 cm³/mol. The second-order valence-corrected chi connectivity index (χ2v) is 13.9. The lowest BCUT2D eigenvalue weighted by Crippen LogP contribution is -2.58. The Morgan fingerprint density at radius 2 is 1.70 bits per heavy atom. The van der Waals surface area contributed by atoms with Crippen molar-refractivity contribution >= 4 is 29.4 Å². The van der Waals surface area contributed by atoms with Gasteiger partial charge in [0.15, 0.2) is 12.4 Å². The number of hydrogen-bond donors (Lipinski definition) is 3. The van der Waals surface area contributed by atoms with Crippen LogP contribution in [0.3, 0.4) is 0 Å². The summed E-state index contributed by atoms with van der Waals surface area (Å²) in [5, 5.41) is 23.8. The molecule has 3 saturated carbocycles. The van der Waals surface area contributed by atoms with Gasteiger partial charge in [0.2, 0.25) is 11.7 Å². The highest BCUT2D eigenvalue weighted by atomic mass is 16.5. The van der Waals surface area contributed by atoms with Crippen LogP contribution in [-0.4, -0.2) is 58.4 Å². The number of ether oxygens (including phenoxy) is 1. The zero-order valence-corrected chi connectivity index (χ0v) is 25.8. The molecule has 0 bridgehead atoms. The first kappa shape index (κ1) is 32.1. The number of esters is 1. The smallest absolute Gasteiger partial charge is 0.306 e. The number of carbonyl (C=O) groups excluding carboxylic acids is 4. The number of ketones is 2. The zero-order valence-electron chi connectivity index (χ0n) is 25.8. The first-order chi connectivity index (χ1) is 20.9. The number of amides is 1. The number of aliphatic hydroxyl groups is 1. The molecule has 1 aromatic rings. The average Bonchev–Trinajstić information content (AvgIpc) is 3.28. The Morgan fingerprint density at radius 3 is 2.43 bits per heavy atom. The average molecular weight is 608 g/mol. The lowest BCUT2D eigenvalue weighted by Gasteiger charge is -2.58. The predicted octanol–water partition coefficient (Wildman–Crippen LogP) is 4.52. The summed E-state index contributed by atoms with van der Waals surface area (Å²) in [5.74, 6) is -1.75. The van der Waals surface area contributed by atoms with Crippen LogP contribution in [0.25, 0.3) is 0 Å². The number of carbonyl (C=O) groups is 5. The summed E-state index contributed by atoms with van der Waals surface area (Å²) in [6.45, 7) is 3.91. The standard InChI is InChI=1S/C35H45NO8/c1-33-15-12-25(37)19-24(33)8-9-26-27(33)13-16-34(2)28(26)14-17-35(34,43)29(38)21-44-32(42)11-10-30(39)36-20-23(18-31(40)41)22-6-4-3-5-7-22/h3-7,19,23,26-28,43H,8-18,20-21H2,1-2H3,(H,36,39)(H,40,41)/t23-,26+,27+,28+,33+,34-,35+/m1/s1. The molecule has 44 heavy (non-hydrogen) atoms. The molecule has 3 N–H and O–H groups in total. The fraction of sp³-hybridized carbons (Fsp3) is 0.629. The third-order valence-corrected chi connectivity index (χ3v) is 11.7. The van der Waals surface area contributed by atoms with Gasteiger partial charge in [0.25, 0.3) is 0 Å². The molecular weight excluding hydrogens is 562 g/mol. The Morgan fingerprint density at radius 1 is 0.977 bits per heavy atom. The lowest BCUT2D eigenvalue weighted by atomic mass is 9.46. The molecule has 0 heterocycles. The molecule has 4 aliphatic rings. The number of benzene rings is 1. The van der Waals surface area contributed by atoms with Crippen LogP contribution in [0.5, 0.6) is 0 Å². The van der Waals surface area contributed by atoms with Crippen molar-refractivity contribution in [3.05, 3.63) is 47.5 Å². The minimum absolute atomic E-state index is 0.00338. The number of Topliss-reactive ketones (excluding diaryl/α,β-unsaturated/α-hetero) is 1. The van der Waals surface area contributed by atoms with E-state index in [1.54, 1.807) is 12.1 Å². The third-order valence-electron chi connectivity index (χ3n) is 11.7. The minimum Gasteiger partial charge on any atom is -0.481 e. The molecule has 7 atom stereocenters. The Kier molecular flexibility index (Phi) is 9.17. The fourth-order valence-electron chi connectivity index (χ4n) is 9.16. The fourth-order valence-corrected chi connectivity index (χ4v) is 9.16. The molecule has 0 saturated heterocycles. The van der Waals surface area contributed by atoms with Gasteiger partial charge in [0.05, 0.1) is 12.8 Å². The highest BCUT2D eigenvalue weighted by Gasteiger charge is 2.66. The van der Waals surface area contributed by atoms with E-state index in [9.17, 15) is 34.2 Å². The van der Waals surface area contributed by atoms with Gasteiger partial charge in [-0.05, 0) is 79.8 Å². The monoisotopic (exact) mass is 607 g/mol.